The van der Waals surface area contributed by atoms with E-state index in [1.54, 1.807) is 0 Å². The fraction of sp³-hybridized carbons (Fsp3) is 0.333. The van der Waals surface area contributed by atoms with Crippen LogP contribution in [0.5, 0.6) is 0 Å². The van der Waals surface area contributed by atoms with Crippen LogP contribution in [0.1, 0.15) is 12.8 Å². The predicted molar refractivity (Wildman–Crippen MR) is 104 cm³/mol. The largest absolute Gasteiger partial charge is 0.314 e. The van der Waals surface area contributed by atoms with Gasteiger partial charge in [0, 0.05) is 22.3 Å². The van der Waals surface area contributed by atoms with Gasteiger partial charge in [0.05, 0.1) is 0 Å². The summed E-state index contributed by atoms with van der Waals surface area (Å²) in [6.07, 6.45) is 4.80. The molecule has 0 aliphatic heterocycles. The summed E-state index contributed by atoms with van der Waals surface area (Å²) < 4.78 is 14.1. The lowest BCUT2D eigenvalue weighted by molar-refractivity contribution is 0.252. The van der Waals surface area contributed by atoms with Crippen LogP contribution in [0.3, 0.4) is 0 Å². The van der Waals surface area contributed by atoms with Crippen LogP contribution in [0.25, 0.3) is 0 Å². The van der Waals surface area contributed by atoms with E-state index in [-0.39, 0.29) is 5.54 Å². The van der Waals surface area contributed by atoms with Crippen LogP contribution in [-0.2, 0) is 4.57 Å². The molecule has 2 nitrogen and oxygen atoms in total. The van der Waals surface area contributed by atoms with E-state index < -0.39 is 7.14 Å². The lowest BCUT2D eigenvalue weighted by Crippen LogP contribution is -2.34. The Morgan fingerprint density at radius 2 is 1.58 bits per heavy atom. The van der Waals surface area contributed by atoms with E-state index in [9.17, 15) is 4.57 Å². The summed E-state index contributed by atoms with van der Waals surface area (Å²) >= 11 is 0. The standard InChI is InChI=1S/C21H26NOP/c1-4-18-17-21(18,22(2)3)15-16-24(23,19-11-7-5-8-12-19)20-13-9-6-10-14-20/h4-14,18H,1,15-17H2,2-3H3/t18-,21+/m1/s1. The van der Waals surface area contributed by atoms with Crippen LogP contribution < -0.4 is 10.6 Å². The minimum atomic E-state index is -2.62. The van der Waals surface area contributed by atoms with Crippen molar-refractivity contribution in [2.45, 2.75) is 18.4 Å². The normalized spacial score (nSPS) is 23.2. The SMILES string of the molecule is C=C[C@@H]1C[C@]1(CCP(=O)(c1ccccc1)c1ccccc1)N(C)C. The molecule has 2 atom stereocenters. The van der Waals surface area contributed by atoms with Gasteiger partial charge in [-0.25, -0.2) is 0 Å². The Hall–Kier alpha value is -1.63. The highest BCUT2D eigenvalue weighted by Gasteiger charge is 2.54. The van der Waals surface area contributed by atoms with Gasteiger partial charge in [-0.05, 0) is 32.9 Å². The van der Waals surface area contributed by atoms with E-state index in [0.29, 0.717) is 12.1 Å². The maximum absolute atomic E-state index is 14.1. The average Bonchev–Trinajstić information content (AvgIpc) is 3.36. The number of hydrogen-bond acceptors (Lipinski definition) is 2. The van der Waals surface area contributed by atoms with Crippen molar-refractivity contribution in [1.82, 2.24) is 4.90 Å². The van der Waals surface area contributed by atoms with E-state index in [1.165, 1.54) is 0 Å². The fourth-order valence-electron chi connectivity index (χ4n) is 3.75. The highest BCUT2D eigenvalue weighted by atomic mass is 31.2. The topological polar surface area (TPSA) is 20.3 Å². The number of rotatable bonds is 7. The minimum Gasteiger partial charge on any atom is -0.314 e. The van der Waals surface area contributed by atoms with Crippen LogP contribution >= 0.6 is 7.14 Å². The Bertz CT molecular complexity index is 697. The lowest BCUT2D eigenvalue weighted by atomic mass is 10.1. The fourth-order valence-corrected chi connectivity index (χ4v) is 6.57. The second-order valence-corrected chi connectivity index (χ2v) is 9.89. The highest BCUT2D eigenvalue weighted by Crippen LogP contribution is 2.55. The molecular weight excluding hydrogens is 313 g/mol. The molecule has 2 aromatic carbocycles. The number of hydrogen-bond donors (Lipinski definition) is 0. The second kappa shape index (κ2) is 6.70. The molecule has 1 aliphatic rings. The molecule has 0 bridgehead atoms. The van der Waals surface area contributed by atoms with E-state index in [4.69, 9.17) is 0 Å². The van der Waals surface area contributed by atoms with Crippen molar-refractivity contribution in [3.8, 4) is 0 Å². The first-order valence-corrected chi connectivity index (χ1v) is 10.4. The molecule has 0 spiro atoms. The maximum Gasteiger partial charge on any atom is 0.143 e. The molecular formula is C21H26NOP. The monoisotopic (exact) mass is 339 g/mol. The van der Waals surface area contributed by atoms with Crippen LogP contribution in [0.4, 0.5) is 0 Å². The molecule has 126 valence electrons. The predicted octanol–water partition coefficient (Wildman–Crippen LogP) is 3.90. The van der Waals surface area contributed by atoms with Crippen molar-refractivity contribution in [3.63, 3.8) is 0 Å². The van der Waals surface area contributed by atoms with Gasteiger partial charge in [0.15, 0.2) is 0 Å². The molecule has 0 unspecified atom stereocenters. The van der Waals surface area contributed by atoms with Gasteiger partial charge < -0.3 is 9.46 Å². The minimum absolute atomic E-state index is 0.126. The Labute approximate surface area is 145 Å². The first-order chi connectivity index (χ1) is 11.5. The molecule has 0 heterocycles. The number of nitrogens with zero attached hydrogens (tertiary/aromatic N) is 1. The first kappa shape index (κ1) is 17.2. The van der Waals surface area contributed by atoms with Crippen molar-refractivity contribution in [1.29, 1.82) is 0 Å². The summed E-state index contributed by atoms with van der Waals surface area (Å²) in [7, 11) is 1.63. The summed E-state index contributed by atoms with van der Waals surface area (Å²) in [5.74, 6) is 0.507. The molecule has 0 radical (unpaired) electrons. The molecule has 0 N–H and O–H groups in total. The van der Waals surface area contributed by atoms with E-state index in [2.05, 4.69) is 31.7 Å². The average molecular weight is 339 g/mol. The van der Waals surface area contributed by atoms with Crippen molar-refractivity contribution >= 4 is 17.8 Å². The summed E-state index contributed by atoms with van der Waals surface area (Å²) in [5.41, 5.74) is 0.126. The van der Waals surface area contributed by atoms with Gasteiger partial charge in [-0.1, -0.05) is 66.7 Å². The molecule has 24 heavy (non-hydrogen) atoms. The Kier molecular flexibility index (Phi) is 4.80. The third-order valence-corrected chi connectivity index (χ3v) is 8.60. The first-order valence-electron chi connectivity index (χ1n) is 8.53. The van der Waals surface area contributed by atoms with Crippen molar-refractivity contribution in [3.05, 3.63) is 73.3 Å². The summed E-state index contributed by atoms with van der Waals surface area (Å²) in [4.78, 5) is 2.29. The Balaban J connectivity index is 1.93. The van der Waals surface area contributed by atoms with Crippen LogP contribution in [0.2, 0.25) is 0 Å². The van der Waals surface area contributed by atoms with Gasteiger partial charge in [-0.3, -0.25) is 0 Å². The zero-order valence-corrected chi connectivity index (χ0v) is 15.5. The van der Waals surface area contributed by atoms with Gasteiger partial charge >= 0.3 is 0 Å². The summed E-state index contributed by atoms with van der Waals surface area (Å²) in [6.45, 7) is 3.97. The second-order valence-electron chi connectivity index (χ2n) is 6.93. The molecule has 1 aliphatic carbocycles. The zero-order chi connectivity index (χ0) is 17.2. The smallest absolute Gasteiger partial charge is 0.143 e. The van der Waals surface area contributed by atoms with Gasteiger partial charge in [-0.2, -0.15) is 0 Å². The van der Waals surface area contributed by atoms with E-state index in [0.717, 1.165) is 23.5 Å². The molecule has 1 saturated carbocycles. The molecule has 2 aromatic rings. The van der Waals surface area contributed by atoms with Gasteiger partial charge in [0.2, 0.25) is 0 Å². The molecule has 1 fully saturated rings. The van der Waals surface area contributed by atoms with E-state index >= 15 is 0 Å². The molecule has 0 saturated heterocycles. The van der Waals surface area contributed by atoms with Gasteiger partial charge in [0.25, 0.3) is 0 Å². The van der Waals surface area contributed by atoms with Crippen molar-refractivity contribution in [2.24, 2.45) is 5.92 Å². The van der Waals surface area contributed by atoms with Crippen LogP contribution in [-0.4, -0.2) is 30.7 Å². The molecule has 0 amide bonds. The van der Waals surface area contributed by atoms with Crippen LogP contribution in [0, 0.1) is 5.92 Å². The molecule has 3 heteroatoms. The quantitative estimate of drug-likeness (QED) is 0.563. The highest BCUT2D eigenvalue weighted by molar-refractivity contribution is 7.78. The van der Waals surface area contributed by atoms with Crippen LogP contribution in [0.15, 0.2) is 73.3 Å². The molecule has 0 aromatic heterocycles. The molecule has 3 rings (SSSR count). The third kappa shape index (κ3) is 3.01. The number of benzene rings is 2. The van der Waals surface area contributed by atoms with Crippen molar-refractivity contribution in [2.75, 3.05) is 20.3 Å². The summed E-state index contributed by atoms with van der Waals surface area (Å²) in [5, 5.41) is 1.92. The third-order valence-electron chi connectivity index (χ3n) is 5.48. The maximum atomic E-state index is 14.1. The van der Waals surface area contributed by atoms with Crippen molar-refractivity contribution < 1.29 is 4.57 Å². The van der Waals surface area contributed by atoms with Gasteiger partial charge in [0.1, 0.15) is 7.14 Å². The van der Waals surface area contributed by atoms with Gasteiger partial charge in [-0.15, -0.1) is 6.58 Å². The lowest BCUT2D eigenvalue weighted by Gasteiger charge is -2.28. The zero-order valence-electron chi connectivity index (χ0n) is 14.6. The Morgan fingerprint density at radius 1 is 1.08 bits per heavy atom. The summed E-state index contributed by atoms with van der Waals surface area (Å²) in [6, 6.07) is 19.9. The van der Waals surface area contributed by atoms with E-state index in [1.807, 2.05) is 60.7 Å². The Morgan fingerprint density at radius 3 is 1.96 bits per heavy atom.